The summed E-state index contributed by atoms with van der Waals surface area (Å²) in [7, 11) is 0. The van der Waals surface area contributed by atoms with Gasteiger partial charge in [0.1, 0.15) is 5.75 Å². The van der Waals surface area contributed by atoms with Gasteiger partial charge in [0.15, 0.2) is 12.4 Å². The molecule has 0 aromatic heterocycles. The highest BCUT2D eigenvalue weighted by Gasteiger charge is 2.19. The number of carbonyl (C=O) groups excluding carboxylic acids is 2. The fourth-order valence-corrected chi connectivity index (χ4v) is 3.08. The zero-order valence-electron chi connectivity index (χ0n) is 12.3. The summed E-state index contributed by atoms with van der Waals surface area (Å²) in [4.78, 5) is 25.8. The van der Waals surface area contributed by atoms with Gasteiger partial charge >= 0.3 is 0 Å². The molecular formula is C17H21NO3. The van der Waals surface area contributed by atoms with Crippen molar-refractivity contribution in [3.8, 4) is 5.75 Å². The van der Waals surface area contributed by atoms with Crippen LogP contribution in [0.2, 0.25) is 0 Å². The molecule has 3 rings (SSSR count). The number of hydrogen-bond donors (Lipinski definition) is 0. The van der Waals surface area contributed by atoms with E-state index >= 15 is 0 Å². The molecule has 1 aliphatic carbocycles. The SMILES string of the molecule is O=C1CCCc2ccc(OCC(=O)N3CCCCC3)cc21. The van der Waals surface area contributed by atoms with Crippen LogP contribution in [0.1, 0.15) is 48.0 Å². The van der Waals surface area contributed by atoms with E-state index in [9.17, 15) is 9.59 Å². The summed E-state index contributed by atoms with van der Waals surface area (Å²) in [5, 5.41) is 0. The second kappa shape index (κ2) is 6.29. The van der Waals surface area contributed by atoms with Crippen molar-refractivity contribution in [1.29, 1.82) is 0 Å². The average Bonchev–Trinajstić information content (AvgIpc) is 2.54. The lowest BCUT2D eigenvalue weighted by atomic mass is 9.90. The summed E-state index contributed by atoms with van der Waals surface area (Å²) in [6.45, 7) is 1.74. The number of aryl methyl sites for hydroxylation is 1. The molecule has 0 spiro atoms. The maximum Gasteiger partial charge on any atom is 0.260 e. The molecule has 4 heteroatoms. The number of carbonyl (C=O) groups is 2. The van der Waals surface area contributed by atoms with Gasteiger partial charge in [-0.15, -0.1) is 0 Å². The summed E-state index contributed by atoms with van der Waals surface area (Å²) in [6.07, 6.45) is 5.87. The molecule has 1 heterocycles. The summed E-state index contributed by atoms with van der Waals surface area (Å²) in [5.41, 5.74) is 1.87. The van der Waals surface area contributed by atoms with E-state index in [-0.39, 0.29) is 18.3 Å². The van der Waals surface area contributed by atoms with E-state index in [4.69, 9.17) is 4.74 Å². The number of benzene rings is 1. The molecule has 0 unspecified atom stereocenters. The van der Waals surface area contributed by atoms with Gasteiger partial charge in [-0.3, -0.25) is 9.59 Å². The Balaban J connectivity index is 1.61. The number of amides is 1. The summed E-state index contributed by atoms with van der Waals surface area (Å²) in [6, 6.07) is 5.61. The topological polar surface area (TPSA) is 46.6 Å². The second-order valence-electron chi connectivity index (χ2n) is 5.83. The van der Waals surface area contributed by atoms with Crippen LogP contribution in [0, 0.1) is 0 Å². The average molecular weight is 287 g/mol. The molecule has 4 nitrogen and oxygen atoms in total. The number of fused-ring (bicyclic) bond motifs is 1. The van der Waals surface area contributed by atoms with Crippen LogP contribution in [-0.4, -0.2) is 36.3 Å². The fourth-order valence-electron chi connectivity index (χ4n) is 3.08. The molecule has 0 saturated carbocycles. The van der Waals surface area contributed by atoms with E-state index in [0.29, 0.717) is 12.2 Å². The van der Waals surface area contributed by atoms with Crippen molar-refractivity contribution in [3.05, 3.63) is 29.3 Å². The third-order valence-electron chi connectivity index (χ3n) is 4.30. The van der Waals surface area contributed by atoms with Gasteiger partial charge in [0.25, 0.3) is 5.91 Å². The number of piperidine rings is 1. The lowest BCUT2D eigenvalue weighted by Gasteiger charge is -2.26. The van der Waals surface area contributed by atoms with Crippen molar-refractivity contribution < 1.29 is 14.3 Å². The third-order valence-corrected chi connectivity index (χ3v) is 4.30. The number of rotatable bonds is 3. The molecule has 0 atom stereocenters. The normalized spacial score (nSPS) is 18.3. The summed E-state index contributed by atoms with van der Waals surface area (Å²) < 4.78 is 5.59. The number of Topliss-reactive ketones (excluding diaryl/α,β-unsaturated/α-hetero) is 1. The molecule has 1 aliphatic heterocycles. The van der Waals surface area contributed by atoms with Crippen LogP contribution in [0.3, 0.4) is 0 Å². The molecule has 1 aromatic carbocycles. The van der Waals surface area contributed by atoms with Crippen LogP contribution in [0.4, 0.5) is 0 Å². The van der Waals surface area contributed by atoms with E-state index in [1.807, 2.05) is 17.0 Å². The van der Waals surface area contributed by atoms with Crippen LogP contribution in [0.5, 0.6) is 5.75 Å². The van der Waals surface area contributed by atoms with Crippen LogP contribution in [0.15, 0.2) is 18.2 Å². The summed E-state index contributed by atoms with van der Waals surface area (Å²) >= 11 is 0. The maximum atomic E-state index is 12.1. The predicted molar refractivity (Wildman–Crippen MR) is 79.6 cm³/mol. The molecule has 1 saturated heterocycles. The van der Waals surface area contributed by atoms with Gasteiger partial charge in [-0.05, 0) is 49.8 Å². The third kappa shape index (κ3) is 3.26. The molecule has 21 heavy (non-hydrogen) atoms. The Morgan fingerprint density at radius 3 is 2.71 bits per heavy atom. The van der Waals surface area contributed by atoms with Crippen LogP contribution in [-0.2, 0) is 11.2 Å². The van der Waals surface area contributed by atoms with Gasteiger partial charge < -0.3 is 9.64 Å². The van der Waals surface area contributed by atoms with E-state index in [2.05, 4.69) is 0 Å². The Bertz CT molecular complexity index is 547. The zero-order chi connectivity index (χ0) is 14.7. The van der Waals surface area contributed by atoms with Gasteiger partial charge in [0, 0.05) is 25.1 Å². The molecular weight excluding hydrogens is 266 g/mol. The van der Waals surface area contributed by atoms with Crippen LogP contribution in [0.25, 0.3) is 0 Å². The standard InChI is InChI=1S/C17H21NO3/c19-16-6-4-5-13-7-8-14(11-15(13)16)21-12-17(20)18-9-2-1-3-10-18/h7-8,11H,1-6,9-10,12H2. The van der Waals surface area contributed by atoms with Gasteiger partial charge in [-0.2, -0.15) is 0 Å². The number of hydrogen-bond acceptors (Lipinski definition) is 3. The molecule has 1 fully saturated rings. The van der Waals surface area contributed by atoms with E-state index < -0.39 is 0 Å². The maximum absolute atomic E-state index is 12.1. The quantitative estimate of drug-likeness (QED) is 0.858. The zero-order valence-corrected chi connectivity index (χ0v) is 12.3. The van der Waals surface area contributed by atoms with Gasteiger partial charge in [-0.1, -0.05) is 6.07 Å². The Morgan fingerprint density at radius 1 is 1.10 bits per heavy atom. The van der Waals surface area contributed by atoms with E-state index in [0.717, 1.165) is 49.9 Å². The van der Waals surface area contributed by atoms with Gasteiger partial charge in [0.2, 0.25) is 0 Å². The monoisotopic (exact) mass is 287 g/mol. The molecule has 0 radical (unpaired) electrons. The minimum Gasteiger partial charge on any atom is -0.484 e. The Labute approximate surface area is 125 Å². The molecule has 1 amide bonds. The highest BCUT2D eigenvalue weighted by Crippen LogP contribution is 2.25. The minimum atomic E-state index is 0.0405. The first-order valence-electron chi connectivity index (χ1n) is 7.81. The summed E-state index contributed by atoms with van der Waals surface area (Å²) in [5.74, 6) is 0.845. The minimum absolute atomic E-state index is 0.0405. The lowest BCUT2D eigenvalue weighted by Crippen LogP contribution is -2.38. The van der Waals surface area contributed by atoms with Crippen molar-refractivity contribution in [3.63, 3.8) is 0 Å². The van der Waals surface area contributed by atoms with Crippen molar-refractivity contribution in [1.82, 2.24) is 4.90 Å². The van der Waals surface area contributed by atoms with E-state index in [1.165, 1.54) is 6.42 Å². The Hall–Kier alpha value is -1.84. The van der Waals surface area contributed by atoms with Crippen LogP contribution < -0.4 is 4.74 Å². The number of nitrogens with zero attached hydrogens (tertiary/aromatic N) is 1. The first-order chi connectivity index (χ1) is 10.2. The Kier molecular flexibility index (Phi) is 4.23. The lowest BCUT2D eigenvalue weighted by molar-refractivity contribution is -0.134. The van der Waals surface area contributed by atoms with Crippen molar-refractivity contribution in [2.24, 2.45) is 0 Å². The van der Waals surface area contributed by atoms with Crippen LogP contribution >= 0.6 is 0 Å². The van der Waals surface area contributed by atoms with Crippen molar-refractivity contribution in [2.75, 3.05) is 19.7 Å². The number of likely N-dealkylation sites (tertiary alicyclic amines) is 1. The number of ketones is 1. The smallest absolute Gasteiger partial charge is 0.260 e. The highest BCUT2D eigenvalue weighted by molar-refractivity contribution is 5.98. The predicted octanol–water partition coefficient (Wildman–Crippen LogP) is 2.60. The molecule has 0 bridgehead atoms. The van der Waals surface area contributed by atoms with Gasteiger partial charge in [-0.25, -0.2) is 0 Å². The first kappa shape index (κ1) is 14.1. The van der Waals surface area contributed by atoms with Crippen molar-refractivity contribution >= 4 is 11.7 Å². The number of ether oxygens (including phenoxy) is 1. The second-order valence-corrected chi connectivity index (χ2v) is 5.83. The van der Waals surface area contributed by atoms with Gasteiger partial charge in [0.05, 0.1) is 0 Å². The van der Waals surface area contributed by atoms with Crippen molar-refractivity contribution in [2.45, 2.75) is 38.5 Å². The largest absolute Gasteiger partial charge is 0.484 e. The fraction of sp³-hybridized carbons (Fsp3) is 0.529. The molecule has 0 N–H and O–H groups in total. The first-order valence-corrected chi connectivity index (χ1v) is 7.81. The highest BCUT2D eigenvalue weighted by atomic mass is 16.5. The molecule has 1 aromatic rings. The van der Waals surface area contributed by atoms with E-state index in [1.54, 1.807) is 6.07 Å². The molecule has 2 aliphatic rings. The molecule has 112 valence electrons. The Morgan fingerprint density at radius 2 is 1.90 bits per heavy atom.